The third kappa shape index (κ3) is 2.61. The predicted octanol–water partition coefficient (Wildman–Crippen LogP) is 0.563. The smallest absolute Gasteiger partial charge is 0.417 e. The number of para-hydroxylation sites is 1. The highest BCUT2D eigenvalue weighted by molar-refractivity contribution is 5.98. The van der Waals surface area contributed by atoms with Crippen molar-refractivity contribution < 1.29 is 23.9 Å². The second-order valence-electron chi connectivity index (χ2n) is 5.33. The fourth-order valence-electron chi connectivity index (χ4n) is 2.49. The average Bonchev–Trinajstić information content (AvgIpc) is 2.77. The van der Waals surface area contributed by atoms with Gasteiger partial charge in [0.1, 0.15) is 5.75 Å². The number of imide groups is 1. The van der Waals surface area contributed by atoms with E-state index in [1.54, 1.807) is 11.0 Å². The van der Waals surface area contributed by atoms with E-state index in [0.717, 1.165) is 10.5 Å². The van der Waals surface area contributed by atoms with Gasteiger partial charge in [-0.3, -0.25) is 9.59 Å². The van der Waals surface area contributed by atoms with Crippen LogP contribution in [0, 0.1) is 6.92 Å². The number of cyclic esters (lactones) is 1. The molecule has 2 fully saturated rings. The first-order valence-corrected chi connectivity index (χ1v) is 7.01. The Morgan fingerprint density at radius 2 is 2.05 bits per heavy atom. The lowest BCUT2D eigenvalue weighted by molar-refractivity contribution is -0.143. The second-order valence-corrected chi connectivity index (χ2v) is 5.33. The van der Waals surface area contributed by atoms with Crippen LogP contribution in [0.4, 0.5) is 4.79 Å². The quantitative estimate of drug-likeness (QED) is 0.812. The first-order valence-electron chi connectivity index (χ1n) is 7.01. The van der Waals surface area contributed by atoms with Gasteiger partial charge in [0.05, 0.1) is 6.04 Å². The Labute approximate surface area is 127 Å². The molecule has 1 aromatic carbocycles. The van der Waals surface area contributed by atoms with Gasteiger partial charge in [-0.15, -0.1) is 0 Å². The minimum Gasteiger partial charge on any atom is -0.484 e. The lowest BCUT2D eigenvalue weighted by Gasteiger charge is -2.41. The number of carbonyl (C=O) groups is 3. The molecule has 0 bridgehead atoms. The van der Waals surface area contributed by atoms with Gasteiger partial charge in [-0.2, -0.15) is 0 Å². The molecule has 2 heterocycles. The molecule has 0 aromatic heterocycles. The summed E-state index contributed by atoms with van der Waals surface area (Å²) in [5, 5.41) is 0. The van der Waals surface area contributed by atoms with E-state index < -0.39 is 6.09 Å². The average molecular weight is 304 g/mol. The van der Waals surface area contributed by atoms with Crippen LogP contribution in [-0.2, 0) is 14.3 Å². The number of nitrogens with zero attached hydrogens (tertiary/aromatic N) is 2. The van der Waals surface area contributed by atoms with Crippen molar-refractivity contribution in [1.29, 1.82) is 0 Å². The Balaban J connectivity index is 1.49. The molecule has 2 aliphatic heterocycles. The van der Waals surface area contributed by atoms with E-state index in [4.69, 9.17) is 4.74 Å². The number of likely N-dealkylation sites (tertiary alicyclic amines) is 1. The monoisotopic (exact) mass is 304 g/mol. The maximum absolute atomic E-state index is 12.0. The number of hydrogen-bond acceptors (Lipinski definition) is 5. The summed E-state index contributed by atoms with van der Waals surface area (Å²) in [7, 11) is 0. The Bertz CT molecular complexity index is 608. The summed E-state index contributed by atoms with van der Waals surface area (Å²) in [6.07, 6.45) is -0.627. The number of hydrogen-bond donors (Lipinski definition) is 0. The van der Waals surface area contributed by atoms with Gasteiger partial charge in [0.15, 0.2) is 13.2 Å². The van der Waals surface area contributed by atoms with Crippen LogP contribution < -0.4 is 4.74 Å². The van der Waals surface area contributed by atoms with Crippen LogP contribution in [0.15, 0.2) is 24.3 Å². The van der Waals surface area contributed by atoms with Crippen molar-refractivity contribution in [2.45, 2.75) is 13.0 Å². The highest BCUT2D eigenvalue weighted by Gasteiger charge is 2.44. The van der Waals surface area contributed by atoms with Crippen LogP contribution in [0.1, 0.15) is 5.56 Å². The third-order valence-corrected chi connectivity index (χ3v) is 3.81. The molecule has 2 saturated heterocycles. The van der Waals surface area contributed by atoms with Crippen LogP contribution in [0.3, 0.4) is 0 Å². The minimum atomic E-state index is -0.627. The van der Waals surface area contributed by atoms with E-state index in [2.05, 4.69) is 4.74 Å². The fourth-order valence-corrected chi connectivity index (χ4v) is 2.49. The van der Waals surface area contributed by atoms with E-state index in [0.29, 0.717) is 18.8 Å². The van der Waals surface area contributed by atoms with Gasteiger partial charge < -0.3 is 14.4 Å². The summed E-state index contributed by atoms with van der Waals surface area (Å²) >= 11 is 0. The van der Waals surface area contributed by atoms with Gasteiger partial charge >= 0.3 is 6.09 Å². The van der Waals surface area contributed by atoms with Crippen LogP contribution in [-0.4, -0.2) is 60.1 Å². The van der Waals surface area contributed by atoms with Crippen molar-refractivity contribution in [3.05, 3.63) is 29.8 Å². The number of rotatable bonds is 4. The minimum absolute atomic E-state index is 0.0596. The molecule has 2 aliphatic rings. The SMILES string of the molecule is Cc1ccccc1OCC(=O)N1CC(N2C(=O)COC2=O)C1. The molecule has 0 spiro atoms. The van der Waals surface area contributed by atoms with E-state index >= 15 is 0 Å². The van der Waals surface area contributed by atoms with Gasteiger partial charge in [0.25, 0.3) is 11.8 Å². The predicted molar refractivity (Wildman–Crippen MR) is 75.2 cm³/mol. The molecule has 0 atom stereocenters. The Morgan fingerprint density at radius 1 is 1.32 bits per heavy atom. The molecule has 0 N–H and O–H groups in total. The van der Waals surface area contributed by atoms with Crippen molar-refractivity contribution in [2.24, 2.45) is 0 Å². The van der Waals surface area contributed by atoms with Crippen LogP contribution in [0.2, 0.25) is 0 Å². The van der Waals surface area contributed by atoms with Gasteiger partial charge in [-0.1, -0.05) is 18.2 Å². The number of ether oxygens (including phenoxy) is 2. The van der Waals surface area contributed by atoms with Crippen molar-refractivity contribution in [1.82, 2.24) is 9.80 Å². The zero-order valence-electron chi connectivity index (χ0n) is 12.2. The summed E-state index contributed by atoms with van der Waals surface area (Å²) < 4.78 is 10.2. The summed E-state index contributed by atoms with van der Waals surface area (Å²) in [4.78, 5) is 37.6. The number of benzene rings is 1. The lowest BCUT2D eigenvalue weighted by Crippen LogP contribution is -2.62. The van der Waals surface area contributed by atoms with Gasteiger partial charge in [0, 0.05) is 13.1 Å². The number of amides is 3. The first-order chi connectivity index (χ1) is 10.6. The maximum Gasteiger partial charge on any atom is 0.417 e. The molecule has 0 aliphatic carbocycles. The first kappa shape index (κ1) is 14.4. The summed E-state index contributed by atoms with van der Waals surface area (Å²) in [5.74, 6) is 0.156. The summed E-state index contributed by atoms with van der Waals surface area (Å²) in [6, 6.07) is 7.17. The van der Waals surface area contributed by atoms with Crippen molar-refractivity contribution >= 4 is 17.9 Å². The van der Waals surface area contributed by atoms with Gasteiger partial charge in [-0.25, -0.2) is 9.69 Å². The Hall–Kier alpha value is -2.57. The highest BCUT2D eigenvalue weighted by atomic mass is 16.6. The molecule has 1 aromatic rings. The topological polar surface area (TPSA) is 76.2 Å². The molecular formula is C15H16N2O5. The fraction of sp³-hybridized carbons (Fsp3) is 0.400. The zero-order chi connectivity index (χ0) is 15.7. The lowest BCUT2D eigenvalue weighted by atomic mass is 10.1. The third-order valence-electron chi connectivity index (χ3n) is 3.81. The largest absolute Gasteiger partial charge is 0.484 e. The van der Waals surface area contributed by atoms with Crippen LogP contribution >= 0.6 is 0 Å². The summed E-state index contributed by atoms with van der Waals surface area (Å²) in [6.45, 7) is 2.30. The molecule has 7 heteroatoms. The highest BCUT2D eigenvalue weighted by Crippen LogP contribution is 2.21. The van der Waals surface area contributed by atoms with Crippen molar-refractivity contribution in [2.75, 3.05) is 26.3 Å². The summed E-state index contributed by atoms with van der Waals surface area (Å²) in [5.41, 5.74) is 0.960. The van der Waals surface area contributed by atoms with E-state index in [1.807, 2.05) is 25.1 Å². The number of carbonyl (C=O) groups excluding carboxylic acids is 3. The maximum atomic E-state index is 12.0. The molecule has 7 nitrogen and oxygen atoms in total. The van der Waals surface area contributed by atoms with Crippen LogP contribution in [0.5, 0.6) is 5.75 Å². The molecule has 22 heavy (non-hydrogen) atoms. The Morgan fingerprint density at radius 3 is 2.68 bits per heavy atom. The van der Waals surface area contributed by atoms with Gasteiger partial charge in [0.2, 0.25) is 0 Å². The Kier molecular flexibility index (Phi) is 3.70. The second kappa shape index (κ2) is 5.67. The van der Waals surface area contributed by atoms with E-state index in [1.165, 1.54) is 0 Å². The van der Waals surface area contributed by atoms with E-state index in [-0.39, 0.29) is 31.1 Å². The molecule has 3 rings (SSSR count). The molecule has 3 amide bonds. The molecular weight excluding hydrogens is 288 g/mol. The molecule has 0 saturated carbocycles. The molecule has 0 unspecified atom stereocenters. The van der Waals surface area contributed by atoms with E-state index in [9.17, 15) is 14.4 Å². The molecule has 116 valence electrons. The zero-order valence-corrected chi connectivity index (χ0v) is 12.2. The normalized spacial score (nSPS) is 18.2. The van der Waals surface area contributed by atoms with Crippen LogP contribution in [0.25, 0.3) is 0 Å². The number of aryl methyl sites for hydroxylation is 1. The standard InChI is InChI=1S/C15H16N2O5/c1-10-4-2-3-5-12(10)21-8-13(18)16-6-11(7-16)17-14(19)9-22-15(17)20/h2-5,11H,6-9H2,1H3. The van der Waals surface area contributed by atoms with Gasteiger partial charge in [-0.05, 0) is 18.6 Å². The molecule has 0 radical (unpaired) electrons. The van der Waals surface area contributed by atoms with Crippen molar-refractivity contribution in [3.63, 3.8) is 0 Å². The van der Waals surface area contributed by atoms with Crippen molar-refractivity contribution in [3.8, 4) is 5.75 Å².